The molecule has 1 aromatic heterocycles. The normalized spacial score (nSPS) is 17.7. The van der Waals surface area contributed by atoms with Crippen molar-refractivity contribution in [1.82, 2.24) is 10.2 Å². The number of carbonyl (C=O) groups is 2. The molecule has 1 saturated heterocycles. The number of likely N-dealkylation sites (tertiary alicyclic amines) is 1. The zero-order valence-electron chi connectivity index (χ0n) is 16.3. The van der Waals surface area contributed by atoms with Gasteiger partial charge in [0.25, 0.3) is 0 Å². The molecule has 154 valence electrons. The number of ether oxygens (including phenoxy) is 2. The zero-order chi connectivity index (χ0) is 20.2. The van der Waals surface area contributed by atoms with Gasteiger partial charge in [-0.25, -0.2) is 0 Å². The number of amides is 2. The molecule has 4 rings (SSSR count). The molecule has 7 nitrogen and oxygen atoms in total. The third-order valence-electron chi connectivity index (χ3n) is 5.31. The number of anilines is 1. The number of hydrogen-bond acceptors (Lipinski definition) is 6. The van der Waals surface area contributed by atoms with Gasteiger partial charge in [0, 0.05) is 22.5 Å². The van der Waals surface area contributed by atoms with Gasteiger partial charge in [-0.3, -0.25) is 14.5 Å². The summed E-state index contributed by atoms with van der Waals surface area (Å²) in [4.78, 5) is 28.2. The average Bonchev–Trinajstić information content (AvgIpc) is 3.40. The van der Waals surface area contributed by atoms with Crippen molar-refractivity contribution in [3.8, 4) is 11.5 Å². The van der Waals surface area contributed by atoms with Crippen LogP contribution < -0.4 is 20.1 Å². The summed E-state index contributed by atoms with van der Waals surface area (Å²) < 4.78 is 10.6. The van der Waals surface area contributed by atoms with Crippen molar-refractivity contribution in [2.75, 3.05) is 31.7 Å². The molecule has 3 heterocycles. The largest absolute Gasteiger partial charge is 0.454 e. The van der Waals surface area contributed by atoms with Crippen molar-refractivity contribution in [3.63, 3.8) is 0 Å². The third kappa shape index (κ3) is 4.89. The van der Waals surface area contributed by atoms with Gasteiger partial charge in [0.2, 0.25) is 18.6 Å². The molecule has 0 spiro atoms. The number of fused-ring (bicyclic) bond motifs is 1. The quantitative estimate of drug-likeness (QED) is 0.758. The van der Waals surface area contributed by atoms with Gasteiger partial charge in [-0.05, 0) is 56.4 Å². The fourth-order valence-corrected chi connectivity index (χ4v) is 4.41. The number of hydrogen-bond donors (Lipinski definition) is 2. The Labute approximate surface area is 174 Å². The van der Waals surface area contributed by atoms with Crippen molar-refractivity contribution in [1.29, 1.82) is 0 Å². The molecule has 2 aliphatic heterocycles. The highest BCUT2D eigenvalue weighted by Gasteiger charge is 2.26. The van der Waals surface area contributed by atoms with E-state index in [1.54, 1.807) is 23.5 Å². The molecule has 29 heavy (non-hydrogen) atoms. The molecular formula is C21H25N3O4S. The Morgan fingerprint density at radius 1 is 1.21 bits per heavy atom. The number of rotatable bonds is 6. The summed E-state index contributed by atoms with van der Waals surface area (Å²) in [7, 11) is 0. The third-order valence-corrected chi connectivity index (χ3v) is 6.37. The lowest BCUT2D eigenvalue weighted by Gasteiger charge is -2.31. The highest BCUT2D eigenvalue weighted by Crippen LogP contribution is 2.34. The van der Waals surface area contributed by atoms with E-state index in [1.807, 2.05) is 30.5 Å². The lowest BCUT2D eigenvalue weighted by molar-refractivity contribution is -0.123. The first-order valence-electron chi connectivity index (χ1n) is 9.84. The maximum Gasteiger partial charge on any atom is 0.234 e. The molecule has 1 aromatic carbocycles. The van der Waals surface area contributed by atoms with Crippen molar-refractivity contribution in [2.45, 2.75) is 25.8 Å². The first-order chi connectivity index (χ1) is 14.1. The maximum atomic E-state index is 12.6. The highest BCUT2D eigenvalue weighted by molar-refractivity contribution is 7.10. The summed E-state index contributed by atoms with van der Waals surface area (Å²) >= 11 is 1.64. The van der Waals surface area contributed by atoms with Crippen LogP contribution in [0.3, 0.4) is 0 Å². The molecule has 1 fully saturated rings. The molecular weight excluding hydrogens is 390 g/mol. The SMILES string of the molecule is CC(NC(=O)CN1CCC(C(=O)Nc2ccc3c(c2)OCO3)CC1)c1cccs1. The van der Waals surface area contributed by atoms with E-state index in [0.29, 0.717) is 23.7 Å². The summed E-state index contributed by atoms with van der Waals surface area (Å²) in [5, 5.41) is 8.02. The Hall–Kier alpha value is -2.58. The van der Waals surface area contributed by atoms with E-state index in [9.17, 15) is 9.59 Å². The van der Waals surface area contributed by atoms with Gasteiger partial charge in [0.15, 0.2) is 11.5 Å². The second-order valence-corrected chi connectivity index (χ2v) is 8.39. The minimum absolute atomic E-state index is 0.0132. The van der Waals surface area contributed by atoms with Crippen LogP contribution in [0.5, 0.6) is 11.5 Å². The fourth-order valence-electron chi connectivity index (χ4n) is 3.67. The van der Waals surface area contributed by atoms with Crippen molar-refractivity contribution < 1.29 is 19.1 Å². The minimum Gasteiger partial charge on any atom is -0.454 e. The second-order valence-electron chi connectivity index (χ2n) is 7.41. The van der Waals surface area contributed by atoms with Crippen LogP contribution in [-0.4, -0.2) is 43.1 Å². The first-order valence-corrected chi connectivity index (χ1v) is 10.7. The Balaban J connectivity index is 1.21. The second kappa shape index (κ2) is 8.84. The Morgan fingerprint density at radius 3 is 2.76 bits per heavy atom. The fraction of sp³-hybridized carbons (Fsp3) is 0.429. The van der Waals surface area contributed by atoms with Crippen LogP contribution in [-0.2, 0) is 9.59 Å². The lowest BCUT2D eigenvalue weighted by Crippen LogP contribution is -2.43. The molecule has 1 unspecified atom stereocenters. The average molecular weight is 416 g/mol. The van der Waals surface area contributed by atoms with Crippen molar-refractivity contribution in [3.05, 3.63) is 40.6 Å². The number of nitrogens with zero attached hydrogens (tertiary/aromatic N) is 1. The van der Waals surface area contributed by atoms with Crippen LogP contribution in [0.25, 0.3) is 0 Å². The van der Waals surface area contributed by atoms with E-state index in [0.717, 1.165) is 30.8 Å². The van der Waals surface area contributed by atoms with E-state index in [1.165, 1.54) is 0 Å². The van der Waals surface area contributed by atoms with E-state index >= 15 is 0 Å². The molecule has 2 N–H and O–H groups in total. The monoisotopic (exact) mass is 415 g/mol. The highest BCUT2D eigenvalue weighted by atomic mass is 32.1. The molecule has 1 atom stereocenters. The predicted octanol–water partition coefficient (Wildman–Crippen LogP) is 3.00. The van der Waals surface area contributed by atoms with Gasteiger partial charge in [-0.2, -0.15) is 0 Å². The summed E-state index contributed by atoms with van der Waals surface area (Å²) in [6.45, 7) is 4.05. The van der Waals surface area contributed by atoms with Crippen LogP contribution in [0.4, 0.5) is 5.69 Å². The molecule has 2 amide bonds. The Morgan fingerprint density at radius 2 is 2.00 bits per heavy atom. The zero-order valence-corrected chi connectivity index (χ0v) is 17.2. The number of thiophene rings is 1. The van der Waals surface area contributed by atoms with Crippen molar-refractivity contribution >= 4 is 28.8 Å². The van der Waals surface area contributed by atoms with Crippen LogP contribution in [0.2, 0.25) is 0 Å². The van der Waals surface area contributed by atoms with Gasteiger partial charge in [0.1, 0.15) is 0 Å². The summed E-state index contributed by atoms with van der Waals surface area (Å²) in [6, 6.07) is 9.44. The predicted molar refractivity (Wildman–Crippen MR) is 111 cm³/mol. The summed E-state index contributed by atoms with van der Waals surface area (Å²) in [5.74, 6) is 1.33. The van der Waals surface area contributed by atoms with E-state index in [2.05, 4.69) is 15.5 Å². The van der Waals surface area contributed by atoms with E-state index in [4.69, 9.17) is 9.47 Å². The smallest absolute Gasteiger partial charge is 0.234 e. The van der Waals surface area contributed by atoms with E-state index in [-0.39, 0.29) is 30.6 Å². The van der Waals surface area contributed by atoms with Gasteiger partial charge in [-0.15, -0.1) is 11.3 Å². The maximum absolute atomic E-state index is 12.6. The Kier molecular flexibility index (Phi) is 6.01. The lowest BCUT2D eigenvalue weighted by atomic mass is 9.95. The standard InChI is InChI=1S/C21H25N3O4S/c1-14(19-3-2-10-29-19)22-20(25)12-24-8-6-15(7-9-24)21(26)23-16-4-5-17-18(11-16)28-13-27-17/h2-5,10-11,14-15H,6-9,12-13H2,1H3,(H,22,25)(H,23,26). The van der Waals surface area contributed by atoms with E-state index < -0.39 is 0 Å². The van der Waals surface area contributed by atoms with Gasteiger partial charge >= 0.3 is 0 Å². The Bertz CT molecular complexity index is 863. The van der Waals surface area contributed by atoms with Crippen LogP contribution in [0, 0.1) is 5.92 Å². The van der Waals surface area contributed by atoms with Gasteiger partial charge < -0.3 is 20.1 Å². The molecule has 2 aromatic rings. The molecule has 2 aliphatic rings. The summed E-state index contributed by atoms with van der Waals surface area (Å²) in [6.07, 6.45) is 1.48. The van der Waals surface area contributed by atoms with Crippen molar-refractivity contribution in [2.24, 2.45) is 5.92 Å². The number of carbonyl (C=O) groups excluding carboxylic acids is 2. The van der Waals surface area contributed by atoms with Gasteiger partial charge in [0.05, 0.1) is 12.6 Å². The number of piperidine rings is 1. The molecule has 8 heteroatoms. The molecule has 0 bridgehead atoms. The number of nitrogens with one attached hydrogen (secondary N) is 2. The minimum atomic E-state index is -0.0511. The van der Waals surface area contributed by atoms with Crippen LogP contribution in [0.15, 0.2) is 35.7 Å². The molecule has 0 saturated carbocycles. The molecule has 0 radical (unpaired) electrons. The van der Waals surface area contributed by atoms with Gasteiger partial charge in [-0.1, -0.05) is 6.07 Å². The topological polar surface area (TPSA) is 79.9 Å². The molecule has 0 aliphatic carbocycles. The van der Waals surface area contributed by atoms with Crippen LogP contribution in [0.1, 0.15) is 30.7 Å². The van der Waals surface area contributed by atoms with Crippen LogP contribution >= 0.6 is 11.3 Å². The first kappa shape index (κ1) is 19.7. The number of benzene rings is 1. The summed E-state index contributed by atoms with van der Waals surface area (Å²) in [5.41, 5.74) is 0.712.